The van der Waals surface area contributed by atoms with E-state index in [-0.39, 0.29) is 23.6 Å². The maximum atomic E-state index is 13.2. The molecule has 3 aromatic carbocycles. The van der Waals surface area contributed by atoms with E-state index in [1.165, 1.54) is 37.5 Å². The molecule has 1 fully saturated rings. The highest BCUT2D eigenvalue weighted by Crippen LogP contribution is 2.38. The summed E-state index contributed by atoms with van der Waals surface area (Å²) in [6, 6.07) is 14.6. The fourth-order valence-electron chi connectivity index (χ4n) is 3.78. The zero-order valence-electron chi connectivity index (χ0n) is 20.8. The highest BCUT2D eigenvalue weighted by atomic mass is 79.9. The van der Waals surface area contributed by atoms with Crippen LogP contribution in [0.5, 0.6) is 17.2 Å². The number of imide groups is 2. The van der Waals surface area contributed by atoms with Gasteiger partial charge in [0.15, 0.2) is 11.5 Å². The van der Waals surface area contributed by atoms with Crippen molar-refractivity contribution in [2.24, 2.45) is 0 Å². The topological polar surface area (TPSA) is 137 Å². The first-order valence-corrected chi connectivity index (χ1v) is 12.4. The number of nitro benzene ring substituents is 1. The van der Waals surface area contributed by atoms with Crippen molar-refractivity contribution in [3.63, 3.8) is 0 Å². The monoisotopic (exact) mass is 595 g/mol. The number of ether oxygens (including phenoxy) is 3. The van der Waals surface area contributed by atoms with Gasteiger partial charge in [0.1, 0.15) is 17.9 Å². The molecule has 4 amide bonds. The summed E-state index contributed by atoms with van der Waals surface area (Å²) in [4.78, 5) is 49.8. The number of benzene rings is 3. The molecular weight excluding hydrogens is 574 g/mol. The van der Waals surface area contributed by atoms with Crippen molar-refractivity contribution in [3.8, 4) is 17.2 Å². The van der Waals surface area contributed by atoms with Crippen LogP contribution in [0, 0.1) is 10.1 Å². The average molecular weight is 596 g/mol. The molecular formula is C27H22BrN3O8. The number of carbonyl (C=O) groups excluding carboxylic acids is 3. The molecule has 1 N–H and O–H groups in total. The lowest BCUT2D eigenvalue weighted by atomic mass is 10.1. The van der Waals surface area contributed by atoms with Gasteiger partial charge in [0, 0.05) is 12.1 Å². The number of nitro groups is 1. The maximum absolute atomic E-state index is 13.2. The van der Waals surface area contributed by atoms with Crippen LogP contribution in [0.3, 0.4) is 0 Å². The Morgan fingerprint density at radius 1 is 1.05 bits per heavy atom. The molecule has 200 valence electrons. The lowest BCUT2D eigenvalue weighted by molar-refractivity contribution is -0.384. The van der Waals surface area contributed by atoms with Crippen molar-refractivity contribution in [3.05, 3.63) is 92.0 Å². The number of nitrogens with zero attached hydrogens (tertiary/aromatic N) is 2. The van der Waals surface area contributed by atoms with Crippen LogP contribution < -0.4 is 24.4 Å². The van der Waals surface area contributed by atoms with Gasteiger partial charge in [-0.05, 0) is 76.5 Å². The third kappa shape index (κ3) is 6.07. The number of urea groups is 1. The predicted octanol–water partition coefficient (Wildman–Crippen LogP) is 5.01. The quantitative estimate of drug-likeness (QED) is 0.158. The predicted molar refractivity (Wildman–Crippen MR) is 145 cm³/mol. The minimum absolute atomic E-state index is 0.0284. The molecule has 11 nitrogen and oxygen atoms in total. The minimum Gasteiger partial charge on any atom is -0.497 e. The van der Waals surface area contributed by atoms with Crippen molar-refractivity contribution in [2.45, 2.75) is 13.5 Å². The summed E-state index contributed by atoms with van der Waals surface area (Å²) in [5.41, 5.74) is 0.954. The number of amides is 4. The number of non-ortho nitro benzene ring substituents is 1. The van der Waals surface area contributed by atoms with Gasteiger partial charge >= 0.3 is 6.03 Å². The van der Waals surface area contributed by atoms with E-state index in [0.717, 1.165) is 4.90 Å². The van der Waals surface area contributed by atoms with Crippen LogP contribution in [0.1, 0.15) is 18.1 Å². The van der Waals surface area contributed by atoms with E-state index in [0.29, 0.717) is 39.5 Å². The van der Waals surface area contributed by atoms with E-state index >= 15 is 0 Å². The van der Waals surface area contributed by atoms with Gasteiger partial charge in [-0.15, -0.1) is 0 Å². The number of halogens is 1. The zero-order valence-corrected chi connectivity index (χ0v) is 22.4. The van der Waals surface area contributed by atoms with Gasteiger partial charge in [-0.3, -0.25) is 25.0 Å². The number of carbonyl (C=O) groups is 3. The molecule has 39 heavy (non-hydrogen) atoms. The Labute approximate surface area is 231 Å². The van der Waals surface area contributed by atoms with E-state index in [1.54, 1.807) is 43.3 Å². The normalized spacial score (nSPS) is 14.3. The van der Waals surface area contributed by atoms with E-state index in [9.17, 15) is 24.5 Å². The van der Waals surface area contributed by atoms with Gasteiger partial charge in [-0.2, -0.15) is 0 Å². The van der Waals surface area contributed by atoms with E-state index in [4.69, 9.17) is 14.2 Å². The van der Waals surface area contributed by atoms with E-state index in [1.807, 2.05) is 0 Å². The number of methoxy groups -OCH3 is 1. The molecule has 0 radical (unpaired) electrons. The molecule has 4 rings (SSSR count). The average Bonchev–Trinajstić information content (AvgIpc) is 2.91. The molecule has 0 atom stereocenters. The molecule has 0 aromatic heterocycles. The third-order valence-electron chi connectivity index (χ3n) is 5.58. The zero-order chi connectivity index (χ0) is 28.1. The fraction of sp³-hybridized carbons (Fsp3) is 0.148. The number of rotatable bonds is 9. The molecule has 1 saturated heterocycles. The molecule has 0 aliphatic carbocycles. The Morgan fingerprint density at radius 2 is 1.79 bits per heavy atom. The van der Waals surface area contributed by atoms with Crippen LogP contribution in [-0.2, 0) is 16.2 Å². The van der Waals surface area contributed by atoms with Crippen molar-refractivity contribution >= 4 is 51.2 Å². The summed E-state index contributed by atoms with van der Waals surface area (Å²) in [7, 11) is 1.49. The summed E-state index contributed by atoms with van der Waals surface area (Å²) in [6.45, 7) is 2.10. The summed E-state index contributed by atoms with van der Waals surface area (Å²) >= 11 is 3.44. The Kier molecular flexibility index (Phi) is 8.25. The standard InChI is InChI=1S/C27H22BrN3O8/c1-3-38-23-14-17(13-22(28)24(23)39-15-16-5-4-6-19(11-16)31(35)36)12-21-25(32)29-27(34)30(26(21)33)18-7-9-20(37-2)10-8-18/h4-14H,3,15H2,1-2H3,(H,29,32,34)/b21-12+. The summed E-state index contributed by atoms with van der Waals surface area (Å²) in [6.07, 6.45) is 1.35. The fourth-order valence-corrected chi connectivity index (χ4v) is 4.35. The maximum Gasteiger partial charge on any atom is 0.335 e. The van der Waals surface area contributed by atoms with Crippen molar-refractivity contribution in [2.75, 3.05) is 18.6 Å². The van der Waals surface area contributed by atoms with Gasteiger partial charge in [-0.1, -0.05) is 12.1 Å². The number of barbiturate groups is 1. The highest BCUT2D eigenvalue weighted by Gasteiger charge is 2.37. The van der Waals surface area contributed by atoms with Crippen LogP contribution in [-0.4, -0.2) is 36.5 Å². The Morgan fingerprint density at radius 3 is 2.46 bits per heavy atom. The van der Waals surface area contributed by atoms with E-state index in [2.05, 4.69) is 21.2 Å². The first-order chi connectivity index (χ1) is 18.7. The van der Waals surface area contributed by atoms with Gasteiger partial charge in [0.05, 0.1) is 28.8 Å². The highest BCUT2D eigenvalue weighted by molar-refractivity contribution is 9.10. The summed E-state index contributed by atoms with van der Waals surface area (Å²) in [5.74, 6) is -0.448. The van der Waals surface area contributed by atoms with E-state index < -0.39 is 22.8 Å². The molecule has 1 aliphatic rings. The van der Waals surface area contributed by atoms with Crippen molar-refractivity contribution in [1.29, 1.82) is 0 Å². The first-order valence-electron chi connectivity index (χ1n) is 11.6. The molecule has 3 aromatic rings. The Bertz CT molecular complexity index is 1490. The molecule has 0 saturated carbocycles. The molecule has 1 aliphatic heterocycles. The van der Waals surface area contributed by atoms with Crippen LogP contribution in [0.25, 0.3) is 6.08 Å². The lowest BCUT2D eigenvalue weighted by Gasteiger charge is -2.26. The third-order valence-corrected chi connectivity index (χ3v) is 6.17. The van der Waals surface area contributed by atoms with Crippen molar-refractivity contribution < 1.29 is 33.5 Å². The second-order valence-electron chi connectivity index (χ2n) is 8.13. The first kappa shape index (κ1) is 27.3. The molecule has 0 spiro atoms. The van der Waals surface area contributed by atoms with Crippen LogP contribution in [0.15, 0.2) is 70.7 Å². The SMILES string of the molecule is CCOc1cc(/C=C2\C(=O)NC(=O)N(c3ccc(OC)cc3)C2=O)cc(Br)c1OCc1cccc([N+](=O)[O-])c1. The van der Waals surface area contributed by atoms with Crippen LogP contribution in [0.4, 0.5) is 16.2 Å². The molecule has 0 unspecified atom stereocenters. The second-order valence-corrected chi connectivity index (χ2v) is 8.99. The van der Waals surface area contributed by atoms with Gasteiger partial charge < -0.3 is 14.2 Å². The summed E-state index contributed by atoms with van der Waals surface area (Å²) < 4.78 is 17.2. The van der Waals surface area contributed by atoms with Gasteiger partial charge in [-0.25, -0.2) is 9.69 Å². The van der Waals surface area contributed by atoms with Gasteiger partial charge in [0.2, 0.25) is 0 Å². The number of hydrogen-bond donors (Lipinski definition) is 1. The number of anilines is 1. The van der Waals surface area contributed by atoms with Crippen molar-refractivity contribution in [1.82, 2.24) is 5.32 Å². The molecule has 1 heterocycles. The number of hydrogen-bond acceptors (Lipinski definition) is 8. The van der Waals surface area contributed by atoms with Crippen LogP contribution >= 0.6 is 15.9 Å². The lowest BCUT2D eigenvalue weighted by Crippen LogP contribution is -2.54. The second kappa shape index (κ2) is 11.8. The largest absolute Gasteiger partial charge is 0.497 e. The summed E-state index contributed by atoms with van der Waals surface area (Å²) in [5, 5.41) is 13.3. The smallest absolute Gasteiger partial charge is 0.335 e. The number of nitrogens with one attached hydrogen (secondary N) is 1. The Balaban J connectivity index is 1.64. The Hall–Kier alpha value is -4.71. The minimum atomic E-state index is -0.867. The molecule has 0 bridgehead atoms. The van der Waals surface area contributed by atoms with Gasteiger partial charge in [0.25, 0.3) is 17.5 Å². The van der Waals surface area contributed by atoms with Crippen LogP contribution in [0.2, 0.25) is 0 Å². The molecule has 12 heteroatoms.